The number of methoxy groups -OCH3 is 1. The summed E-state index contributed by atoms with van der Waals surface area (Å²) in [6.07, 6.45) is -0.570. The first-order valence-electron chi connectivity index (χ1n) is 6.50. The van der Waals surface area contributed by atoms with Gasteiger partial charge in [-0.15, -0.1) is 10.2 Å². The van der Waals surface area contributed by atoms with Crippen molar-refractivity contribution in [2.24, 2.45) is 0 Å². The van der Waals surface area contributed by atoms with Gasteiger partial charge in [-0.25, -0.2) is 4.79 Å². The van der Waals surface area contributed by atoms with Crippen LogP contribution in [0.1, 0.15) is 6.92 Å². The van der Waals surface area contributed by atoms with E-state index in [1.807, 2.05) is 0 Å². The summed E-state index contributed by atoms with van der Waals surface area (Å²) in [6, 6.07) is 8.54. The first kappa shape index (κ1) is 15.8. The summed E-state index contributed by atoms with van der Waals surface area (Å²) in [5.41, 5.74) is 0.742. The predicted molar refractivity (Wildman–Crippen MR) is 84.0 cm³/mol. The molecule has 0 aliphatic rings. The molecule has 7 nitrogen and oxygen atoms in total. The average molecular weight is 323 g/mol. The number of hydrogen-bond acceptors (Lipinski definition) is 6. The molecule has 2 N–H and O–H groups in total. The molecule has 0 saturated heterocycles. The van der Waals surface area contributed by atoms with E-state index >= 15 is 0 Å². The van der Waals surface area contributed by atoms with Crippen LogP contribution in [0.4, 0.5) is 22.1 Å². The van der Waals surface area contributed by atoms with Gasteiger partial charge in [-0.3, -0.25) is 5.32 Å². The second kappa shape index (κ2) is 7.46. The molecule has 1 aromatic heterocycles. The lowest BCUT2D eigenvalue weighted by atomic mass is 10.3. The SMILES string of the molecule is CCOC(=O)Nc1ccc(Nc2ccc(OC)c(Cl)c2)nn1. The Hall–Kier alpha value is -2.54. The first-order valence-corrected chi connectivity index (χ1v) is 6.88. The van der Waals surface area contributed by atoms with Gasteiger partial charge in [-0.05, 0) is 37.3 Å². The van der Waals surface area contributed by atoms with Crippen molar-refractivity contribution in [1.29, 1.82) is 0 Å². The van der Waals surface area contributed by atoms with E-state index in [-0.39, 0.29) is 6.61 Å². The van der Waals surface area contributed by atoms with E-state index in [2.05, 4.69) is 20.8 Å². The third-order valence-electron chi connectivity index (χ3n) is 2.59. The van der Waals surface area contributed by atoms with Crippen LogP contribution in [-0.4, -0.2) is 30.0 Å². The lowest BCUT2D eigenvalue weighted by Gasteiger charge is -2.08. The van der Waals surface area contributed by atoms with E-state index in [1.54, 1.807) is 44.4 Å². The van der Waals surface area contributed by atoms with Crippen LogP contribution in [0.2, 0.25) is 5.02 Å². The number of anilines is 3. The second-order valence-corrected chi connectivity index (χ2v) is 4.53. The molecule has 0 fully saturated rings. The first-order chi connectivity index (χ1) is 10.6. The molecule has 2 aromatic rings. The molecule has 0 bridgehead atoms. The molecule has 0 atom stereocenters. The Labute approximate surface area is 132 Å². The lowest BCUT2D eigenvalue weighted by Crippen LogP contribution is -2.14. The Bertz CT molecular complexity index is 649. The third-order valence-corrected chi connectivity index (χ3v) is 2.89. The number of carbonyl (C=O) groups excluding carboxylic acids is 1. The zero-order valence-electron chi connectivity index (χ0n) is 12.1. The standard InChI is InChI=1S/C14H15ClN4O3/c1-3-22-14(20)17-13-7-6-12(18-19-13)16-9-4-5-11(21-2)10(15)8-9/h4-8H,3H2,1-2H3,(H,16,18)(H,17,19,20). The van der Waals surface area contributed by atoms with E-state index < -0.39 is 6.09 Å². The fourth-order valence-electron chi connectivity index (χ4n) is 1.63. The summed E-state index contributed by atoms with van der Waals surface area (Å²) in [4.78, 5) is 11.2. The number of halogens is 1. The molecule has 8 heteroatoms. The maximum atomic E-state index is 11.2. The number of carbonyl (C=O) groups is 1. The Balaban J connectivity index is 2.02. The van der Waals surface area contributed by atoms with Crippen LogP contribution < -0.4 is 15.4 Å². The third kappa shape index (κ3) is 4.23. The number of nitrogens with one attached hydrogen (secondary N) is 2. The van der Waals surface area contributed by atoms with Crippen LogP contribution in [0.5, 0.6) is 5.75 Å². The number of hydrogen-bond donors (Lipinski definition) is 2. The predicted octanol–water partition coefficient (Wildman–Crippen LogP) is 3.45. The molecule has 0 unspecified atom stereocenters. The average Bonchev–Trinajstić information content (AvgIpc) is 2.50. The quantitative estimate of drug-likeness (QED) is 0.877. The van der Waals surface area contributed by atoms with Gasteiger partial charge in [0.15, 0.2) is 11.6 Å². The van der Waals surface area contributed by atoms with Crippen LogP contribution in [0.15, 0.2) is 30.3 Å². The van der Waals surface area contributed by atoms with E-state index in [4.69, 9.17) is 21.1 Å². The molecule has 1 aromatic carbocycles. The largest absolute Gasteiger partial charge is 0.495 e. The number of amides is 1. The minimum Gasteiger partial charge on any atom is -0.495 e. The topological polar surface area (TPSA) is 85.4 Å². The van der Waals surface area contributed by atoms with E-state index in [0.29, 0.717) is 22.4 Å². The van der Waals surface area contributed by atoms with Crippen LogP contribution >= 0.6 is 11.6 Å². The van der Waals surface area contributed by atoms with Crippen molar-refractivity contribution < 1.29 is 14.3 Å². The van der Waals surface area contributed by atoms with Crippen molar-refractivity contribution in [3.05, 3.63) is 35.4 Å². The van der Waals surface area contributed by atoms with Crippen molar-refractivity contribution in [2.75, 3.05) is 24.4 Å². The van der Waals surface area contributed by atoms with Gasteiger partial charge in [0.25, 0.3) is 0 Å². The monoisotopic (exact) mass is 322 g/mol. The highest BCUT2D eigenvalue weighted by molar-refractivity contribution is 6.32. The van der Waals surface area contributed by atoms with Gasteiger partial charge in [0.2, 0.25) is 0 Å². The number of rotatable bonds is 5. The molecule has 1 amide bonds. The van der Waals surface area contributed by atoms with Gasteiger partial charge >= 0.3 is 6.09 Å². The van der Waals surface area contributed by atoms with Crippen LogP contribution in [0.25, 0.3) is 0 Å². The van der Waals surface area contributed by atoms with Crippen molar-refractivity contribution in [2.45, 2.75) is 6.92 Å². The maximum absolute atomic E-state index is 11.2. The Morgan fingerprint density at radius 2 is 1.95 bits per heavy atom. The van der Waals surface area contributed by atoms with Crippen LogP contribution in [0, 0.1) is 0 Å². The molecular formula is C14H15ClN4O3. The smallest absolute Gasteiger partial charge is 0.412 e. The summed E-state index contributed by atoms with van der Waals surface area (Å²) in [5.74, 6) is 1.40. The summed E-state index contributed by atoms with van der Waals surface area (Å²) in [6.45, 7) is 2.01. The van der Waals surface area contributed by atoms with Gasteiger partial charge in [-0.2, -0.15) is 0 Å². The number of benzene rings is 1. The minimum atomic E-state index is -0.570. The zero-order valence-corrected chi connectivity index (χ0v) is 12.8. The zero-order chi connectivity index (χ0) is 15.9. The van der Waals surface area contributed by atoms with Crippen molar-refractivity contribution in [3.63, 3.8) is 0 Å². The molecule has 0 spiro atoms. The minimum absolute atomic E-state index is 0.289. The number of nitrogens with zero attached hydrogens (tertiary/aromatic N) is 2. The molecule has 0 saturated carbocycles. The molecule has 0 aliphatic carbocycles. The van der Waals surface area contributed by atoms with Crippen molar-refractivity contribution >= 4 is 35.0 Å². The highest BCUT2D eigenvalue weighted by atomic mass is 35.5. The Kier molecular flexibility index (Phi) is 5.37. The van der Waals surface area contributed by atoms with Gasteiger partial charge in [0.05, 0.1) is 18.7 Å². The maximum Gasteiger partial charge on any atom is 0.412 e. The summed E-state index contributed by atoms with van der Waals surface area (Å²) >= 11 is 6.05. The van der Waals surface area contributed by atoms with Crippen LogP contribution in [0.3, 0.4) is 0 Å². The second-order valence-electron chi connectivity index (χ2n) is 4.12. The van der Waals surface area contributed by atoms with Crippen LogP contribution in [-0.2, 0) is 4.74 Å². The summed E-state index contributed by atoms with van der Waals surface area (Å²) in [7, 11) is 1.55. The highest BCUT2D eigenvalue weighted by Gasteiger charge is 2.05. The number of aromatic nitrogens is 2. The van der Waals surface area contributed by atoms with Gasteiger partial charge in [-0.1, -0.05) is 11.6 Å². The molecule has 22 heavy (non-hydrogen) atoms. The molecule has 0 radical (unpaired) electrons. The summed E-state index contributed by atoms with van der Waals surface area (Å²) in [5, 5.41) is 13.8. The normalized spacial score (nSPS) is 9.95. The fourth-order valence-corrected chi connectivity index (χ4v) is 1.89. The van der Waals surface area contributed by atoms with Gasteiger partial charge in [0, 0.05) is 5.69 Å². The van der Waals surface area contributed by atoms with E-state index in [9.17, 15) is 4.79 Å². The Morgan fingerprint density at radius 3 is 2.55 bits per heavy atom. The number of ether oxygens (including phenoxy) is 2. The van der Waals surface area contributed by atoms with Crippen molar-refractivity contribution in [1.82, 2.24) is 10.2 Å². The molecular weight excluding hydrogens is 308 g/mol. The summed E-state index contributed by atoms with van der Waals surface area (Å²) < 4.78 is 9.83. The van der Waals surface area contributed by atoms with E-state index in [1.165, 1.54) is 0 Å². The molecule has 0 aliphatic heterocycles. The van der Waals surface area contributed by atoms with E-state index in [0.717, 1.165) is 5.69 Å². The van der Waals surface area contributed by atoms with Gasteiger partial charge < -0.3 is 14.8 Å². The lowest BCUT2D eigenvalue weighted by molar-refractivity contribution is 0.168. The molecule has 116 valence electrons. The van der Waals surface area contributed by atoms with Gasteiger partial charge in [0.1, 0.15) is 5.75 Å². The molecule has 2 rings (SSSR count). The fraction of sp³-hybridized carbons (Fsp3) is 0.214. The van der Waals surface area contributed by atoms with Crippen molar-refractivity contribution in [3.8, 4) is 5.75 Å². The Morgan fingerprint density at radius 1 is 1.23 bits per heavy atom. The highest BCUT2D eigenvalue weighted by Crippen LogP contribution is 2.28. The molecule has 1 heterocycles.